The summed E-state index contributed by atoms with van der Waals surface area (Å²) in [4.78, 5) is 21.9. The van der Waals surface area contributed by atoms with Crippen LogP contribution in [0.25, 0.3) is 0 Å². The fourth-order valence-corrected chi connectivity index (χ4v) is 4.15. The summed E-state index contributed by atoms with van der Waals surface area (Å²) in [5.74, 6) is -0.475. The van der Waals surface area contributed by atoms with Gasteiger partial charge in [-0.1, -0.05) is 0 Å². The van der Waals surface area contributed by atoms with Crippen molar-refractivity contribution >= 4 is 21.9 Å². The van der Waals surface area contributed by atoms with Gasteiger partial charge < -0.3 is 15.7 Å². The smallest absolute Gasteiger partial charge is 0.305 e. The van der Waals surface area contributed by atoms with Gasteiger partial charge in [0.25, 0.3) is 0 Å². The fraction of sp³-hybridized carbons (Fsp3) is 0.875. The summed E-state index contributed by atoms with van der Waals surface area (Å²) in [6.07, 6.45) is 4.15. The Labute approximate surface area is 150 Å². The van der Waals surface area contributed by atoms with Crippen LogP contribution in [0, 0.1) is 5.92 Å². The highest BCUT2D eigenvalue weighted by Crippen LogP contribution is 2.17. The maximum absolute atomic E-state index is 12.3. The van der Waals surface area contributed by atoms with Crippen LogP contribution in [-0.4, -0.2) is 68.7 Å². The molecule has 1 fully saturated rings. The van der Waals surface area contributed by atoms with Crippen LogP contribution < -0.4 is 10.6 Å². The zero-order valence-corrected chi connectivity index (χ0v) is 15.8. The lowest BCUT2D eigenvalue weighted by Crippen LogP contribution is -2.33. The minimum absolute atomic E-state index is 0.0935. The first-order valence-electron chi connectivity index (χ1n) is 8.94. The number of nitrogens with zero attached hydrogens (tertiary/aromatic N) is 1. The molecule has 25 heavy (non-hydrogen) atoms. The van der Waals surface area contributed by atoms with Crippen molar-refractivity contribution in [1.29, 1.82) is 0 Å². The fourth-order valence-electron chi connectivity index (χ4n) is 2.80. The number of piperidine rings is 1. The molecular weight excluding hydrogens is 346 g/mol. The molecule has 1 saturated heterocycles. The minimum atomic E-state index is -3.24. The Kier molecular flexibility index (Phi) is 9.99. The Morgan fingerprint density at radius 1 is 1.20 bits per heavy atom. The van der Waals surface area contributed by atoms with Gasteiger partial charge in [0.2, 0.25) is 15.9 Å². The van der Waals surface area contributed by atoms with Crippen molar-refractivity contribution in [3.63, 3.8) is 0 Å². The second kappa shape index (κ2) is 11.4. The van der Waals surface area contributed by atoms with Crippen LogP contribution in [0.2, 0.25) is 0 Å². The summed E-state index contributed by atoms with van der Waals surface area (Å²) in [5.41, 5.74) is 0. The molecule has 0 aliphatic carbocycles. The Bertz CT molecular complexity index is 518. The van der Waals surface area contributed by atoms with Crippen LogP contribution in [0.4, 0.5) is 0 Å². The molecule has 0 aromatic rings. The lowest BCUT2D eigenvalue weighted by atomic mass is 9.96. The van der Waals surface area contributed by atoms with E-state index in [-0.39, 0.29) is 31.0 Å². The number of hydrogen-bond acceptors (Lipinski definition) is 5. The number of rotatable bonds is 12. The number of unbranched alkanes of at least 4 members (excludes halogenated alkanes) is 1. The van der Waals surface area contributed by atoms with Crippen molar-refractivity contribution in [2.45, 2.75) is 44.9 Å². The van der Waals surface area contributed by atoms with Gasteiger partial charge in [0, 0.05) is 26.6 Å². The molecule has 1 amide bonds. The van der Waals surface area contributed by atoms with Gasteiger partial charge in [0.1, 0.15) is 0 Å². The zero-order chi connectivity index (χ0) is 18.7. The molecule has 0 aromatic heterocycles. The van der Waals surface area contributed by atoms with Gasteiger partial charge in [-0.05, 0) is 51.1 Å². The van der Waals surface area contributed by atoms with Crippen molar-refractivity contribution in [3.05, 3.63) is 0 Å². The van der Waals surface area contributed by atoms with E-state index in [4.69, 9.17) is 5.11 Å². The SMILES string of the molecule is CN(CCCCC(=O)NCCC(=O)O)S(=O)(=O)CCC1CCNCC1. The topological polar surface area (TPSA) is 116 Å². The Balaban J connectivity index is 2.15. The molecule has 1 rings (SSSR count). The number of carboxylic acid groups (broad SMARTS) is 1. The van der Waals surface area contributed by atoms with Crippen LogP contribution in [0.15, 0.2) is 0 Å². The van der Waals surface area contributed by atoms with Crippen molar-refractivity contribution < 1.29 is 23.1 Å². The average molecular weight is 378 g/mol. The minimum Gasteiger partial charge on any atom is -0.481 e. The van der Waals surface area contributed by atoms with E-state index >= 15 is 0 Å². The molecule has 1 heterocycles. The predicted molar refractivity (Wildman–Crippen MR) is 95.7 cm³/mol. The summed E-state index contributed by atoms with van der Waals surface area (Å²) in [7, 11) is -1.65. The molecule has 0 spiro atoms. The molecule has 8 nitrogen and oxygen atoms in total. The maximum Gasteiger partial charge on any atom is 0.305 e. The van der Waals surface area contributed by atoms with E-state index in [2.05, 4.69) is 10.6 Å². The van der Waals surface area contributed by atoms with E-state index in [0.717, 1.165) is 25.9 Å². The molecule has 0 saturated carbocycles. The summed E-state index contributed by atoms with van der Waals surface area (Å²) in [6.45, 7) is 2.46. The molecule has 0 bridgehead atoms. The number of aliphatic carboxylic acids is 1. The van der Waals surface area contributed by atoms with Gasteiger partial charge in [-0.2, -0.15) is 0 Å². The van der Waals surface area contributed by atoms with Gasteiger partial charge in [0.15, 0.2) is 0 Å². The lowest BCUT2D eigenvalue weighted by Gasteiger charge is -2.24. The van der Waals surface area contributed by atoms with Crippen LogP contribution in [0.3, 0.4) is 0 Å². The first-order valence-corrected chi connectivity index (χ1v) is 10.6. The highest BCUT2D eigenvalue weighted by molar-refractivity contribution is 7.89. The van der Waals surface area contributed by atoms with Gasteiger partial charge >= 0.3 is 5.97 Å². The second-order valence-electron chi connectivity index (χ2n) is 6.57. The van der Waals surface area contributed by atoms with E-state index in [1.165, 1.54) is 4.31 Å². The van der Waals surface area contributed by atoms with Crippen LogP contribution in [-0.2, 0) is 19.6 Å². The molecule has 146 valence electrons. The van der Waals surface area contributed by atoms with Gasteiger partial charge in [-0.3, -0.25) is 9.59 Å². The highest BCUT2D eigenvalue weighted by Gasteiger charge is 2.21. The van der Waals surface area contributed by atoms with Gasteiger partial charge in [-0.15, -0.1) is 0 Å². The standard InChI is InChI=1S/C16H31N3O5S/c1-19(12-3-2-4-15(20)18-11-7-16(21)22)25(23,24)13-8-14-5-9-17-10-6-14/h14,17H,2-13H2,1H3,(H,18,20)(H,21,22). The van der Waals surface area contributed by atoms with Crippen LogP contribution in [0.5, 0.6) is 0 Å². The van der Waals surface area contributed by atoms with Crippen molar-refractivity contribution in [3.8, 4) is 0 Å². The molecule has 0 aromatic carbocycles. The van der Waals surface area contributed by atoms with E-state index in [9.17, 15) is 18.0 Å². The quantitative estimate of drug-likeness (QED) is 0.424. The van der Waals surface area contributed by atoms with Crippen LogP contribution in [0.1, 0.15) is 44.9 Å². The Morgan fingerprint density at radius 3 is 2.52 bits per heavy atom. The average Bonchev–Trinajstić information content (AvgIpc) is 2.57. The number of amides is 1. The first-order chi connectivity index (χ1) is 11.8. The molecule has 0 radical (unpaired) electrons. The summed E-state index contributed by atoms with van der Waals surface area (Å²) in [6, 6.07) is 0. The molecular formula is C16H31N3O5S. The molecule has 1 aliphatic rings. The third-order valence-electron chi connectivity index (χ3n) is 4.51. The predicted octanol–water partition coefficient (Wildman–Crippen LogP) is 0.399. The second-order valence-corrected chi connectivity index (χ2v) is 8.77. The number of sulfonamides is 1. The van der Waals surface area contributed by atoms with Crippen molar-refractivity contribution in [2.75, 3.05) is 39.0 Å². The summed E-state index contributed by atoms with van der Waals surface area (Å²) < 4.78 is 25.9. The molecule has 9 heteroatoms. The zero-order valence-electron chi connectivity index (χ0n) is 15.0. The highest BCUT2D eigenvalue weighted by atomic mass is 32.2. The number of hydrogen-bond donors (Lipinski definition) is 3. The third-order valence-corrected chi connectivity index (χ3v) is 6.39. The Morgan fingerprint density at radius 2 is 1.88 bits per heavy atom. The molecule has 0 atom stereocenters. The molecule has 0 unspecified atom stereocenters. The summed E-state index contributed by atoms with van der Waals surface area (Å²) in [5, 5.41) is 14.3. The summed E-state index contributed by atoms with van der Waals surface area (Å²) >= 11 is 0. The van der Waals surface area contributed by atoms with Crippen molar-refractivity contribution in [1.82, 2.24) is 14.9 Å². The molecule has 1 aliphatic heterocycles. The number of carboxylic acids is 1. The van der Waals surface area contributed by atoms with E-state index in [0.29, 0.717) is 31.7 Å². The van der Waals surface area contributed by atoms with Crippen molar-refractivity contribution in [2.24, 2.45) is 5.92 Å². The Hall–Kier alpha value is -1.19. The van der Waals surface area contributed by atoms with Crippen LogP contribution >= 0.6 is 0 Å². The normalized spacial score (nSPS) is 16.1. The van der Waals surface area contributed by atoms with E-state index in [1.54, 1.807) is 7.05 Å². The maximum atomic E-state index is 12.3. The monoisotopic (exact) mass is 377 g/mol. The largest absolute Gasteiger partial charge is 0.481 e. The first kappa shape index (κ1) is 21.9. The number of carbonyl (C=O) groups excluding carboxylic acids is 1. The third kappa shape index (κ3) is 9.76. The van der Waals surface area contributed by atoms with Gasteiger partial charge in [0.05, 0.1) is 12.2 Å². The van der Waals surface area contributed by atoms with E-state index < -0.39 is 16.0 Å². The van der Waals surface area contributed by atoms with Gasteiger partial charge in [-0.25, -0.2) is 12.7 Å². The number of nitrogens with one attached hydrogen (secondary N) is 2. The lowest BCUT2D eigenvalue weighted by molar-refractivity contribution is -0.136. The number of carbonyl (C=O) groups is 2. The van der Waals surface area contributed by atoms with E-state index in [1.807, 2.05) is 0 Å². The molecule has 3 N–H and O–H groups in total.